The Morgan fingerprint density at radius 3 is 2.47 bits per heavy atom. The summed E-state index contributed by atoms with van der Waals surface area (Å²) in [5, 5.41) is 6.82. The van der Waals surface area contributed by atoms with Gasteiger partial charge in [-0.15, -0.1) is 0 Å². The smallest absolute Gasteiger partial charge is 0.0724 e. The van der Waals surface area contributed by atoms with Gasteiger partial charge in [0.1, 0.15) is 0 Å². The second-order valence-electron chi connectivity index (χ2n) is 5.36. The van der Waals surface area contributed by atoms with Crippen LogP contribution in [0.1, 0.15) is 38.6 Å². The first kappa shape index (κ1) is 14.1. The summed E-state index contributed by atoms with van der Waals surface area (Å²) >= 11 is 0. The molecule has 1 aromatic rings. The van der Waals surface area contributed by atoms with Crippen LogP contribution >= 0.6 is 0 Å². The third-order valence-electron chi connectivity index (χ3n) is 2.33. The number of nitrogens with zero attached hydrogens (tertiary/aromatic N) is 2. The number of nitrogens with one attached hydrogen (secondary N) is 2. The van der Waals surface area contributed by atoms with Crippen molar-refractivity contribution in [2.24, 2.45) is 0 Å². The van der Waals surface area contributed by atoms with Crippen molar-refractivity contribution in [3.63, 3.8) is 0 Å². The van der Waals surface area contributed by atoms with Crippen molar-refractivity contribution in [1.82, 2.24) is 20.6 Å². The van der Waals surface area contributed by atoms with Gasteiger partial charge in [-0.25, -0.2) is 0 Å². The fourth-order valence-electron chi connectivity index (χ4n) is 1.40. The summed E-state index contributed by atoms with van der Waals surface area (Å²) in [7, 11) is 0. The molecule has 0 unspecified atom stereocenters. The fraction of sp³-hybridized carbons (Fsp3) is 0.692. The summed E-state index contributed by atoms with van der Waals surface area (Å²) in [6.45, 7) is 11.3. The Hall–Kier alpha value is -1.00. The molecule has 1 heterocycles. The highest BCUT2D eigenvalue weighted by Gasteiger charge is 2.06. The molecule has 0 amide bonds. The average Bonchev–Trinajstić information content (AvgIpc) is 2.24. The van der Waals surface area contributed by atoms with Crippen molar-refractivity contribution < 1.29 is 0 Å². The molecule has 4 heteroatoms. The number of aromatic nitrogens is 2. The lowest BCUT2D eigenvalue weighted by molar-refractivity contribution is 0.418. The molecule has 0 fully saturated rings. The molecule has 0 saturated heterocycles. The van der Waals surface area contributed by atoms with Crippen LogP contribution in [0.4, 0.5) is 0 Å². The quantitative estimate of drug-likeness (QED) is 0.737. The van der Waals surface area contributed by atoms with Gasteiger partial charge in [0.05, 0.1) is 11.4 Å². The Bertz CT molecular complexity index is 313. The van der Waals surface area contributed by atoms with E-state index in [4.69, 9.17) is 0 Å². The zero-order chi connectivity index (χ0) is 12.7. The molecule has 0 aromatic carbocycles. The van der Waals surface area contributed by atoms with Crippen LogP contribution in [0.2, 0.25) is 0 Å². The monoisotopic (exact) mass is 236 g/mol. The summed E-state index contributed by atoms with van der Waals surface area (Å²) in [6.07, 6.45) is 4.75. The van der Waals surface area contributed by atoms with Crippen LogP contribution in [-0.2, 0) is 6.54 Å². The van der Waals surface area contributed by atoms with Crippen LogP contribution in [0.15, 0.2) is 12.4 Å². The highest BCUT2D eigenvalue weighted by atomic mass is 15.0. The van der Waals surface area contributed by atoms with Crippen molar-refractivity contribution >= 4 is 0 Å². The molecular formula is C13H24N4. The molecule has 0 spiro atoms. The lowest BCUT2D eigenvalue weighted by Crippen LogP contribution is -2.37. The largest absolute Gasteiger partial charge is 0.312 e. The molecule has 0 radical (unpaired) electrons. The highest BCUT2D eigenvalue weighted by molar-refractivity contribution is 5.00. The maximum absolute atomic E-state index is 4.29. The number of aryl methyl sites for hydroxylation is 1. The van der Waals surface area contributed by atoms with Crippen LogP contribution in [-0.4, -0.2) is 28.6 Å². The zero-order valence-corrected chi connectivity index (χ0v) is 11.4. The predicted molar refractivity (Wildman–Crippen MR) is 70.8 cm³/mol. The molecule has 0 aliphatic rings. The molecule has 1 aromatic heterocycles. The van der Waals surface area contributed by atoms with Gasteiger partial charge in [0, 0.05) is 24.5 Å². The van der Waals surface area contributed by atoms with Crippen molar-refractivity contribution in [1.29, 1.82) is 0 Å². The molecule has 17 heavy (non-hydrogen) atoms. The zero-order valence-electron chi connectivity index (χ0n) is 11.4. The van der Waals surface area contributed by atoms with Gasteiger partial charge in [-0.05, 0) is 47.2 Å². The van der Waals surface area contributed by atoms with Crippen molar-refractivity contribution in [3.05, 3.63) is 23.8 Å². The minimum atomic E-state index is 0.211. The van der Waals surface area contributed by atoms with Gasteiger partial charge in [0.2, 0.25) is 0 Å². The summed E-state index contributed by atoms with van der Waals surface area (Å²) in [5.41, 5.74) is 2.17. The van der Waals surface area contributed by atoms with Crippen LogP contribution in [0, 0.1) is 6.92 Å². The van der Waals surface area contributed by atoms with E-state index in [0.29, 0.717) is 0 Å². The van der Waals surface area contributed by atoms with E-state index in [9.17, 15) is 0 Å². The standard InChI is InChI=1S/C13H24N4/c1-11-8-16-12(10-15-11)9-14-6-5-7-17-13(2,3)4/h8,10,14,17H,5-7,9H2,1-4H3. The first-order valence-corrected chi connectivity index (χ1v) is 6.21. The summed E-state index contributed by atoms with van der Waals surface area (Å²) in [6, 6.07) is 0. The normalized spacial score (nSPS) is 11.8. The Labute approximate surface area is 104 Å². The number of rotatable bonds is 6. The van der Waals surface area contributed by atoms with Gasteiger partial charge < -0.3 is 10.6 Å². The van der Waals surface area contributed by atoms with Crippen LogP contribution in [0.3, 0.4) is 0 Å². The van der Waals surface area contributed by atoms with E-state index in [1.165, 1.54) is 0 Å². The van der Waals surface area contributed by atoms with Gasteiger partial charge >= 0.3 is 0 Å². The molecule has 2 N–H and O–H groups in total. The van der Waals surface area contributed by atoms with E-state index in [0.717, 1.165) is 37.4 Å². The lowest BCUT2D eigenvalue weighted by atomic mass is 10.1. The third-order valence-corrected chi connectivity index (χ3v) is 2.33. The molecular weight excluding hydrogens is 212 g/mol. The minimum Gasteiger partial charge on any atom is -0.312 e. The highest BCUT2D eigenvalue weighted by Crippen LogP contribution is 1.97. The second-order valence-corrected chi connectivity index (χ2v) is 5.36. The van der Waals surface area contributed by atoms with Gasteiger partial charge in [-0.2, -0.15) is 0 Å². The molecule has 1 rings (SSSR count). The summed E-state index contributed by atoms with van der Waals surface area (Å²) in [5.74, 6) is 0. The summed E-state index contributed by atoms with van der Waals surface area (Å²) < 4.78 is 0. The Morgan fingerprint density at radius 2 is 1.88 bits per heavy atom. The van der Waals surface area contributed by atoms with E-state index in [2.05, 4.69) is 41.4 Å². The van der Waals surface area contributed by atoms with Gasteiger partial charge in [-0.1, -0.05) is 0 Å². The van der Waals surface area contributed by atoms with Crippen LogP contribution in [0.25, 0.3) is 0 Å². The van der Waals surface area contributed by atoms with E-state index in [1.807, 2.05) is 13.1 Å². The Morgan fingerprint density at radius 1 is 1.12 bits per heavy atom. The molecule has 0 atom stereocenters. The predicted octanol–water partition coefficient (Wildman–Crippen LogP) is 1.65. The topological polar surface area (TPSA) is 49.8 Å². The van der Waals surface area contributed by atoms with Crippen molar-refractivity contribution in [2.75, 3.05) is 13.1 Å². The van der Waals surface area contributed by atoms with E-state index >= 15 is 0 Å². The maximum Gasteiger partial charge on any atom is 0.0724 e. The Balaban J connectivity index is 2.07. The first-order valence-electron chi connectivity index (χ1n) is 6.21. The van der Waals surface area contributed by atoms with Gasteiger partial charge in [0.15, 0.2) is 0 Å². The molecule has 0 saturated carbocycles. The van der Waals surface area contributed by atoms with E-state index in [-0.39, 0.29) is 5.54 Å². The number of hydrogen-bond donors (Lipinski definition) is 2. The van der Waals surface area contributed by atoms with Crippen LogP contribution in [0.5, 0.6) is 0 Å². The summed E-state index contributed by atoms with van der Waals surface area (Å²) in [4.78, 5) is 8.51. The number of hydrogen-bond acceptors (Lipinski definition) is 4. The fourth-order valence-corrected chi connectivity index (χ4v) is 1.40. The van der Waals surface area contributed by atoms with Crippen molar-refractivity contribution in [2.45, 2.75) is 46.2 Å². The maximum atomic E-state index is 4.29. The lowest BCUT2D eigenvalue weighted by Gasteiger charge is -2.20. The molecule has 4 nitrogen and oxygen atoms in total. The second kappa shape index (κ2) is 6.67. The average molecular weight is 236 g/mol. The molecule has 0 aliphatic carbocycles. The molecule has 96 valence electrons. The molecule has 0 aliphatic heterocycles. The van der Waals surface area contributed by atoms with Gasteiger partial charge in [0.25, 0.3) is 0 Å². The minimum absolute atomic E-state index is 0.211. The van der Waals surface area contributed by atoms with E-state index < -0.39 is 0 Å². The van der Waals surface area contributed by atoms with Crippen LogP contribution < -0.4 is 10.6 Å². The Kier molecular flexibility index (Phi) is 5.51. The first-order chi connectivity index (χ1) is 7.97. The van der Waals surface area contributed by atoms with Crippen molar-refractivity contribution in [3.8, 4) is 0 Å². The molecule has 0 bridgehead atoms. The SMILES string of the molecule is Cc1cnc(CNCCCNC(C)(C)C)cn1. The third kappa shape index (κ3) is 7.02. The van der Waals surface area contributed by atoms with E-state index in [1.54, 1.807) is 6.20 Å². The van der Waals surface area contributed by atoms with Gasteiger partial charge in [-0.3, -0.25) is 9.97 Å².